The summed E-state index contributed by atoms with van der Waals surface area (Å²) in [6, 6.07) is 13.9. The topological polar surface area (TPSA) is 150 Å². The van der Waals surface area contributed by atoms with Crippen molar-refractivity contribution in [3.05, 3.63) is 95.3 Å². The maximum atomic E-state index is 13.7. The maximum Gasteiger partial charge on any atom is 0.452 e. The molecule has 3 N–H and O–H groups in total. The number of carbonyl (C=O) groups is 4. The number of nitrogens with one attached hydrogen (secondary N) is 3. The number of Topliss-reactive ketones (excluding diaryl/α,β-unsaturated/α-hetero) is 1. The summed E-state index contributed by atoms with van der Waals surface area (Å²) in [5.74, 6) is -5.32. The van der Waals surface area contributed by atoms with Crippen LogP contribution < -0.4 is 20.7 Å². The monoisotopic (exact) mass is 609 g/mol. The van der Waals surface area contributed by atoms with E-state index in [1.54, 1.807) is 30.3 Å². The lowest BCUT2D eigenvalue weighted by molar-refractivity contribution is -0.175. The number of benzene rings is 2. The molecule has 2 aromatic carbocycles. The molecule has 3 rings (SSSR count). The second kappa shape index (κ2) is 14.8. The molecule has 10 nitrogen and oxygen atoms in total. The van der Waals surface area contributed by atoms with Gasteiger partial charge < -0.3 is 20.7 Å². The lowest BCUT2D eigenvalue weighted by Gasteiger charge is -2.27. The van der Waals surface area contributed by atoms with Crippen LogP contribution in [0.25, 0.3) is 0 Å². The van der Waals surface area contributed by atoms with Gasteiger partial charge in [0.05, 0.1) is 24.8 Å². The van der Waals surface area contributed by atoms with E-state index in [2.05, 4.69) is 20.9 Å². The first-order valence-corrected chi connectivity index (χ1v) is 13.4. The Balaban J connectivity index is 1.97. The van der Waals surface area contributed by atoms with Gasteiger partial charge in [-0.15, -0.1) is 0 Å². The average Bonchev–Trinajstić information content (AvgIpc) is 3.01. The third kappa shape index (κ3) is 8.87. The summed E-state index contributed by atoms with van der Waals surface area (Å²) in [7, 11) is 1.41. The molecule has 1 heterocycles. The molecule has 3 atom stereocenters. The Morgan fingerprint density at radius 2 is 1.64 bits per heavy atom. The molecule has 0 saturated heterocycles. The van der Waals surface area contributed by atoms with Gasteiger partial charge in [0.15, 0.2) is 0 Å². The van der Waals surface area contributed by atoms with E-state index in [4.69, 9.17) is 4.74 Å². The van der Waals surface area contributed by atoms with Gasteiger partial charge in [0.1, 0.15) is 23.5 Å². The molecule has 3 amide bonds. The van der Waals surface area contributed by atoms with E-state index in [9.17, 15) is 37.6 Å². The number of pyridine rings is 1. The van der Waals surface area contributed by atoms with E-state index in [0.717, 1.165) is 0 Å². The molecule has 0 bridgehead atoms. The predicted molar refractivity (Wildman–Crippen MR) is 152 cm³/mol. The molecule has 0 aliphatic rings. The Hall–Kier alpha value is -5.25. The summed E-state index contributed by atoms with van der Waals surface area (Å²) in [6.07, 6.45) is -3.93. The molecule has 44 heavy (non-hydrogen) atoms. The summed E-state index contributed by atoms with van der Waals surface area (Å²) in [6.45, 7) is 2.68. The van der Waals surface area contributed by atoms with Crippen molar-refractivity contribution in [1.82, 2.24) is 20.9 Å². The summed E-state index contributed by atoms with van der Waals surface area (Å²) in [4.78, 5) is 56.3. The van der Waals surface area contributed by atoms with Crippen LogP contribution >= 0.6 is 0 Å². The summed E-state index contributed by atoms with van der Waals surface area (Å²) in [5.41, 5.74) is 0.986. The number of ether oxygens (including phenoxy) is 1. The van der Waals surface area contributed by atoms with Crippen molar-refractivity contribution < 1.29 is 37.1 Å². The molecular weight excluding hydrogens is 579 g/mol. The summed E-state index contributed by atoms with van der Waals surface area (Å²) in [5, 5.41) is 16.5. The number of halogens is 3. The van der Waals surface area contributed by atoms with Gasteiger partial charge in [-0.05, 0) is 53.4 Å². The highest BCUT2D eigenvalue weighted by atomic mass is 19.4. The van der Waals surface area contributed by atoms with Crippen LogP contribution in [0.3, 0.4) is 0 Å². The standard InChI is InChI=1S/C31H30F3N5O5/c1-18(2)25(27(40)31(32,33)34)38-30(43)26(21-10-12-22(44-3)13-11-21)39-29(42)24(16-19-7-6-8-20(15-19)17-35)37-28(41)23-9-4-5-14-36-23/h4-15,18,24-26H,16H2,1-3H3,(H,37,41)(H,38,43)(H,39,42). The second-order valence-electron chi connectivity index (χ2n) is 10.1. The van der Waals surface area contributed by atoms with Crippen LogP contribution in [0.4, 0.5) is 13.2 Å². The number of ketones is 1. The lowest BCUT2D eigenvalue weighted by atomic mass is 9.97. The van der Waals surface area contributed by atoms with Gasteiger partial charge in [-0.2, -0.15) is 18.4 Å². The first-order valence-electron chi connectivity index (χ1n) is 13.4. The fourth-order valence-corrected chi connectivity index (χ4v) is 4.23. The summed E-state index contributed by atoms with van der Waals surface area (Å²) >= 11 is 0. The number of nitriles is 1. The first kappa shape index (κ1) is 33.3. The van der Waals surface area contributed by atoms with E-state index in [1.807, 2.05) is 6.07 Å². The van der Waals surface area contributed by atoms with E-state index >= 15 is 0 Å². The molecule has 3 aromatic rings. The molecule has 0 fully saturated rings. The molecule has 0 radical (unpaired) electrons. The number of alkyl halides is 3. The van der Waals surface area contributed by atoms with Crippen LogP contribution in [-0.2, 0) is 20.8 Å². The lowest BCUT2D eigenvalue weighted by Crippen LogP contribution is -2.55. The molecule has 0 saturated carbocycles. The Labute approximate surface area is 251 Å². The highest BCUT2D eigenvalue weighted by Gasteiger charge is 2.45. The van der Waals surface area contributed by atoms with Crippen LogP contribution in [-0.4, -0.2) is 53.9 Å². The number of hydrogen-bond donors (Lipinski definition) is 3. The molecule has 13 heteroatoms. The van der Waals surface area contributed by atoms with Crippen molar-refractivity contribution in [2.45, 2.75) is 44.6 Å². The molecule has 0 spiro atoms. The van der Waals surface area contributed by atoms with Gasteiger partial charge in [0.2, 0.25) is 11.8 Å². The quantitative estimate of drug-likeness (QED) is 0.285. The summed E-state index contributed by atoms with van der Waals surface area (Å²) < 4.78 is 45.0. The zero-order valence-corrected chi connectivity index (χ0v) is 24.0. The van der Waals surface area contributed by atoms with Gasteiger partial charge in [0, 0.05) is 12.6 Å². The zero-order valence-electron chi connectivity index (χ0n) is 24.0. The Morgan fingerprint density at radius 3 is 2.20 bits per heavy atom. The molecule has 0 aliphatic carbocycles. The molecule has 1 aromatic heterocycles. The third-order valence-corrected chi connectivity index (χ3v) is 6.54. The van der Waals surface area contributed by atoms with Gasteiger partial charge >= 0.3 is 6.18 Å². The SMILES string of the molecule is COc1ccc(C(NC(=O)C(Cc2cccc(C#N)c2)NC(=O)c2ccccn2)C(=O)NC(C(=O)C(F)(F)F)C(C)C)cc1. The van der Waals surface area contributed by atoms with Crippen LogP contribution in [0, 0.1) is 17.2 Å². The van der Waals surface area contributed by atoms with Crippen LogP contribution in [0.2, 0.25) is 0 Å². The Morgan fingerprint density at radius 1 is 0.932 bits per heavy atom. The van der Waals surface area contributed by atoms with Crippen molar-refractivity contribution in [2.24, 2.45) is 5.92 Å². The fourth-order valence-electron chi connectivity index (χ4n) is 4.23. The first-order chi connectivity index (χ1) is 20.8. The minimum atomic E-state index is -5.21. The molecule has 230 valence electrons. The van der Waals surface area contributed by atoms with Crippen molar-refractivity contribution in [1.29, 1.82) is 5.26 Å². The number of nitrogens with zero attached hydrogens (tertiary/aromatic N) is 2. The predicted octanol–water partition coefficient (Wildman–Crippen LogP) is 3.43. The number of aromatic nitrogens is 1. The molecule has 0 aliphatic heterocycles. The number of amides is 3. The normalized spacial score (nSPS) is 13.1. The van der Waals surface area contributed by atoms with Crippen molar-refractivity contribution in [3.8, 4) is 11.8 Å². The van der Waals surface area contributed by atoms with E-state index in [1.165, 1.54) is 63.6 Å². The third-order valence-electron chi connectivity index (χ3n) is 6.54. The number of rotatable bonds is 12. The van der Waals surface area contributed by atoms with Crippen LogP contribution in [0.1, 0.15) is 47.1 Å². The minimum Gasteiger partial charge on any atom is -0.497 e. The van der Waals surface area contributed by atoms with Crippen molar-refractivity contribution >= 4 is 23.5 Å². The smallest absolute Gasteiger partial charge is 0.452 e. The highest BCUT2D eigenvalue weighted by molar-refractivity contribution is 5.98. The molecule has 3 unspecified atom stereocenters. The van der Waals surface area contributed by atoms with Crippen LogP contribution in [0.15, 0.2) is 72.9 Å². The van der Waals surface area contributed by atoms with Crippen molar-refractivity contribution in [3.63, 3.8) is 0 Å². The minimum absolute atomic E-state index is 0.00552. The maximum absolute atomic E-state index is 13.7. The fraction of sp³-hybridized carbons (Fsp3) is 0.290. The zero-order chi connectivity index (χ0) is 32.4. The molecular formula is C31H30F3N5O5. The van der Waals surface area contributed by atoms with Crippen molar-refractivity contribution in [2.75, 3.05) is 7.11 Å². The number of carbonyl (C=O) groups excluding carboxylic acids is 4. The number of hydrogen-bond acceptors (Lipinski definition) is 7. The van der Waals surface area contributed by atoms with Gasteiger partial charge in [-0.25, -0.2) is 0 Å². The Bertz CT molecular complexity index is 1520. The van der Waals surface area contributed by atoms with Crippen LogP contribution in [0.5, 0.6) is 5.75 Å². The number of methoxy groups -OCH3 is 1. The largest absolute Gasteiger partial charge is 0.497 e. The van der Waals surface area contributed by atoms with E-state index < -0.39 is 53.7 Å². The average molecular weight is 610 g/mol. The van der Waals surface area contributed by atoms with Gasteiger partial charge in [-0.3, -0.25) is 24.2 Å². The van der Waals surface area contributed by atoms with E-state index in [0.29, 0.717) is 16.9 Å². The second-order valence-corrected chi connectivity index (χ2v) is 10.1. The van der Waals surface area contributed by atoms with E-state index in [-0.39, 0.29) is 17.7 Å². The van der Waals surface area contributed by atoms with Gasteiger partial charge in [0.25, 0.3) is 11.7 Å². The van der Waals surface area contributed by atoms with Gasteiger partial charge in [-0.1, -0.05) is 44.2 Å². The highest BCUT2D eigenvalue weighted by Crippen LogP contribution is 2.23. The Kier molecular flexibility index (Phi) is 11.2.